The summed E-state index contributed by atoms with van der Waals surface area (Å²) >= 11 is -0.826. The number of fused-ring (bicyclic) bond motifs is 2. The van der Waals surface area contributed by atoms with Crippen molar-refractivity contribution in [2.24, 2.45) is 47.3 Å². The molecule has 6 aromatic rings. The first-order valence-corrected chi connectivity index (χ1v) is 37.8. The van der Waals surface area contributed by atoms with Gasteiger partial charge in [-0.05, 0) is 170 Å². The van der Waals surface area contributed by atoms with Crippen LogP contribution in [-0.4, -0.2) is 15.7 Å². The maximum atomic E-state index is 11.2. The van der Waals surface area contributed by atoms with E-state index in [9.17, 15) is 13.2 Å². The molecule has 10 aliphatic rings. The van der Waals surface area contributed by atoms with Crippen LogP contribution in [0.25, 0.3) is 43.8 Å². The van der Waals surface area contributed by atoms with Crippen LogP contribution < -0.4 is 0 Å². The Morgan fingerprint density at radius 3 is 1.17 bits per heavy atom. The molecule has 0 unspecified atom stereocenters. The van der Waals surface area contributed by atoms with Gasteiger partial charge < -0.3 is 0 Å². The van der Waals surface area contributed by atoms with Gasteiger partial charge in [0.1, 0.15) is 0 Å². The van der Waals surface area contributed by atoms with E-state index in [1.54, 1.807) is 28.8 Å². The molecule has 8 bridgehead atoms. The van der Waals surface area contributed by atoms with Gasteiger partial charge in [0.15, 0.2) is 0 Å². The quantitative estimate of drug-likeness (QED) is 0.0947. The van der Waals surface area contributed by atoms with Gasteiger partial charge in [0, 0.05) is 15.9 Å². The molecule has 10 saturated carbocycles. The number of rotatable bonds is 10. The Kier molecular flexibility index (Phi) is 17.5. The molecule has 0 aliphatic heterocycles. The van der Waals surface area contributed by atoms with E-state index in [2.05, 4.69) is 109 Å². The summed E-state index contributed by atoms with van der Waals surface area (Å²) in [5.41, 5.74) is 13.1. The van der Waals surface area contributed by atoms with Gasteiger partial charge in [-0.1, -0.05) is 149 Å². The molecule has 75 heavy (non-hydrogen) atoms. The standard InChI is InChI=1S/2C32H37.C4H7F3Si.2ClH.Zr/c2*1-2-5-22(6-3-1)13-23-17-28-7-4-8-30(31(28)18-23)27-9-11-29(12-10-27)32-19-24-14-25(20-32)16-26(15-24)21-32;1-8-3-2-4(5,6)7;;;/h2*4,7-12,17-18,22,24-26H,1-3,5-6,13-16,19-21H2;2-3H2,1H3;2*1H;/q2*-1;;;;+4/p-2. The second-order valence-corrected chi connectivity index (χ2v) is 30.8. The molecule has 10 fully saturated rings. The molecule has 2 radical (unpaired) electrons. The monoisotopic (exact) mass is 1140 g/mol. The van der Waals surface area contributed by atoms with E-state index >= 15 is 0 Å². The fraction of sp³-hybridized carbons (Fsp3) is 0.559. The number of alkyl halides is 3. The van der Waals surface area contributed by atoms with Crippen LogP contribution >= 0.6 is 17.0 Å². The molecular weight excluding hydrogens is 1060 g/mol. The van der Waals surface area contributed by atoms with Crippen molar-refractivity contribution in [2.45, 2.75) is 190 Å². The smallest absolute Gasteiger partial charge is 0.00391 e. The maximum absolute atomic E-state index is 11.2. The van der Waals surface area contributed by atoms with E-state index in [1.165, 1.54) is 198 Å². The minimum Gasteiger partial charge on any atom is -0.164 e. The number of hydrogen-bond acceptors (Lipinski definition) is 0. The molecule has 10 aliphatic carbocycles. The zero-order valence-electron chi connectivity index (χ0n) is 44.8. The Labute approximate surface area is 469 Å². The molecule has 0 aromatic heterocycles. The Morgan fingerprint density at radius 1 is 0.520 bits per heavy atom. The summed E-state index contributed by atoms with van der Waals surface area (Å²) in [5, 5.41) is 5.78. The summed E-state index contributed by atoms with van der Waals surface area (Å²) in [4.78, 5) is 0. The Hall–Kier alpha value is -2.43. The molecule has 16 rings (SSSR count). The molecule has 6 aromatic carbocycles. The van der Waals surface area contributed by atoms with Crippen molar-refractivity contribution in [3.63, 3.8) is 0 Å². The second-order valence-electron chi connectivity index (χ2n) is 25.9. The third-order valence-corrected chi connectivity index (χ3v) is 21.2. The molecule has 0 saturated heterocycles. The van der Waals surface area contributed by atoms with Crippen LogP contribution in [0.3, 0.4) is 0 Å². The van der Waals surface area contributed by atoms with Crippen LogP contribution in [0.4, 0.5) is 13.2 Å². The largest absolute Gasteiger partial charge is 0.164 e. The Bertz CT molecular complexity index is 2540. The molecule has 0 heterocycles. The number of hydrogen-bond donors (Lipinski definition) is 0. The van der Waals surface area contributed by atoms with Crippen molar-refractivity contribution in [3.8, 4) is 22.3 Å². The van der Waals surface area contributed by atoms with Crippen LogP contribution in [0.1, 0.15) is 170 Å². The third-order valence-electron chi connectivity index (χ3n) is 20.5. The Balaban J connectivity index is 0.000000135. The van der Waals surface area contributed by atoms with Crippen molar-refractivity contribution < 1.29 is 34.0 Å². The van der Waals surface area contributed by atoms with Gasteiger partial charge in [0.2, 0.25) is 0 Å². The van der Waals surface area contributed by atoms with Crippen LogP contribution in [0.15, 0.2) is 109 Å². The van der Waals surface area contributed by atoms with Crippen molar-refractivity contribution in [3.05, 3.63) is 131 Å². The molecule has 0 atom stereocenters. The van der Waals surface area contributed by atoms with Crippen molar-refractivity contribution >= 4 is 48.1 Å². The molecule has 0 nitrogen and oxygen atoms in total. The first-order chi connectivity index (χ1) is 36.5. The van der Waals surface area contributed by atoms with Gasteiger partial charge in [-0.25, -0.2) is 0 Å². The third kappa shape index (κ3) is 12.8. The summed E-state index contributed by atoms with van der Waals surface area (Å²) in [6.07, 6.45) is 30.3. The SMILES string of the molecule is C[Si]CCC(F)(F)F.[Cl][Zr+2][Cl].c1cc(-c2ccc(C34CC5CC(CC(C5)C3)C4)cc2)c2cc(CC3CCCCC3)[cH-]c2c1.c1cc(-c2ccc(C34CC5CC(CC(C5)C3)C4)cc2)c2cc(CC3CCCCC3)[cH-]c2c1. The van der Waals surface area contributed by atoms with E-state index in [4.69, 9.17) is 17.0 Å². The summed E-state index contributed by atoms with van der Waals surface area (Å²) in [7, 11) is 10.3. The summed E-state index contributed by atoms with van der Waals surface area (Å²) in [6.45, 7) is 1.77. The first kappa shape index (κ1) is 54.5. The predicted octanol–water partition coefficient (Wildman–Crippen LogP) is 21.1. The van der Waals surface area contributed by atoms with Gasteiger partial charge in [0.25, 0.3) is 0 Å². The van der Waals surface area contributed by atoms with E-state index in [0.29, 0.717) is 20.3 Å². The second kappa shape index (κ2) is 24.1. The average molecular weight is 1150 g/mol. The summed E-state index contributed by atoms with van der Waals surface area (Å²) < 4.78 is 33.7. The van der Waals surface area contributed by atoms with Gasteiger partial charge in [0.05, 0.1) is 0 Å². The average Bonchev–Trinajstić information content (AvgIpc) is 4.02. The normalized spacial score (nSPS) is 28.8. The fourth-order valence-corrected chi connectivity index (χ4v) is 18.5. The minimum absolute atomic E-state index is 0.281. The Morgan fingerprint density at radius 2 is 0.867 bits per heavy atom. The van der Waals surface area contributed by atoms with E-state index < -0.39 is 33.4 Å². The molecule has 0 N–H and O–H groups in total. The van der Waals surface area contributed by atoms with E-state index in [1.807, 2.05) is 0 Å². The van der Waals surface area contributed by atoms with Gasteiger partial charge in [-0.3, -0.25) is 0 Å². The van der Waals surface area contributed by atoms with E-state index in [-0.39, 0.29) is 6.04 Å². The molecule has 0 spiro atoms. The van der Waals surface area contributed by atoms with Crippen LogP contribution in [0.5, 0.6) is 0 Å². The summed E-state index contributed by atoms with van der Waals surface area (Å²) in [6, 6.07) is 43.8. The van der Waals surface area contributed by atoms with Crippen molar-refractivity contribution in [1.82, 2.24) is 0 Å². The van der Waals surface area contributed by atoms with Crippen LogP contribution in [-0.2, 0) is 44.5 Å². The minimum atomic E-state index is -3.94. The van der Waals surface area contributed by atoms with Gasteiger partial charge in [-0.2, -0.15) is 25.3 Å². The molecular formula is C68H81Cl2F3SiZr. The molecule has 7 heteroatoms. The number of halogens is 5. The maximum Gasteiger partial charge on any atom is -0.00391 e. The van der Waals surface area contributed by atoms with E-state index in [0.717, 1.165) is 47.3 Å². The number of benzene rings is 4. The van der Waals surface area contributed by atoms with Crippen molar-refractivity contribution in [2.75, 3.05) is 0 Å². The first-order valence-electron chi connectivity index (χ1n) is 29.7. The summed E-state index contributed by atoms with van der Waals surface area (Å²) in [5.74, 6) is 7.90. The van der Waals surface area contributed by atoms with Crippen molar-refractivity contribution in [1.29, 1.82) is 0 Å². The predicted molar refractivity (Wildman–Crippen MR) is 309 cm³/mol. The van der Waals surface area contributed by atoms with Gasteiger partial charge in [-0.15, -0.1) is 69.1 Å². The zero-order valence-corrected chi connectivity index (χ0v) is 49.8. The molecule has 396 valence electrons. The molecule has 0 amide bonds. The van der Waals surface area contributed by atoms with Crippen LogP contribution in [0, 0.1) is 47.3 Å². The zero-order chi connectivity index (χ0) is 51.6. The van der Waals surface area contributed by atoms with Crippen LogP contribution in [0.2, 0.25) is 12.6 Å². The fourth-order valence-electron chi connectivity index (χ4n) is 18.0. The topological polar surface area (TPSA) is 0 Å². The van der Waals surface area contributed by atoms with Gasteiger partial charge >= 0.3 is 44.1 Å².